The van der Waals surface area contributed by atoms with Gasteiger partial charge >= 0.3 is 12.2 Å². The molecule has 0 spiro atoms. The van der Waals surface area contributed by atoms with Crippen molar-refractivity contribution < 1.29 is 24.4 Å². The Morgan fingerprint density at radius 2 is 1.97 bits per heavy atom. The quantitative estimate of drug-likeness (QED) is 0.566. The molecular weight excluding hydrogens is 392 g/mol. The molecule has 1 aliphatic heterocycles. The van der Waals surface area contributed by atoms with Crippen LogP contribution >= 0.6 is 0 Å². The van der Waals surface area contributed by atoms with Gasteiger partial charge in [-0.3, -0.25) is 15.4 Å². The summed E-state index contributed by atoms with van der Waals surface area (Å²) < 4.78 is 5.14. The van der Waals surface area contributed by atoms with E-state index in [-0.39, 0.29) is 37.1 Å². The first-order valence-corrected chi connectivity index (χ1v) is 9.36. The zero-order valence-electron chi connectivity index (χ0n) is 16.4. The third kappa shape index (κ3) is 4.96. The SMILES string of the molecule is C[C@H]1CN(C(=O)O)CCN1c1ccc(NC(=O)OCc2ccccc2)cc1[N+](=O)[O-]. The number of piperazine rings is 1. The molecule has 0 aromatic heterocycles. The van der Waals surface area contributed by atoms with Crippen LogP contribution in [0.25, 0.3) is 0 Å². The van der Waals surface area contributed by atoms with E-state index in [1.807, 2.05) is 37.3 Å². The second-order valence-electron chi connectivity index (χ2n) is 6.92. The van der Waals surface area contributed by atoms with E-state index in [1.54, 1.807) is 17.0 Å². The number of nitrogens with zero attached hydrogens (tertiary/aromatic N) is 3. The molecule has 2 amide bonds. The fraction of sp³-hybridized carbons (Fsp3) is 0.300. The first kappa shape index (κ1) is 20.9. The van der Waals surface area contributed by atoms with E-state index in [2.05, 4.69) is 5.32 Å². The van der Waals surface area contributed by atoms with Crippen LogP contribution in [-0.4, -0.2) is 52.8 Å². The summed E-state index contributed by atoms with van der Waals surface area (Å²) in [5.74, 6) is 0. The lowest BCUT2D eigenvalue weighted by Gasteiger charge is -2.39. The Hall–Kier alpha value is -3.82. The van der Waals surface area contributed by atoms with Crippen LogP contribution in [0.15, 0.2) is 48.5 Å². The molecule has 1 aliphatic rings. The van der Waals surface area contributed by atoms with E-state index in [1.165, 1.54) is 11.0 Å². The summed E-state index contributed by atoms with van der Waals surface area (Å²) in [5.41, 5.74) is 1.26. The predicted octanol–water partition coefficient (Wildman–Crippen LogP) is 3.53. The summed E-state index contributed by atoms with van der Waals surface area (Å²) in [6.45, 7) is 2.73. The largest absolute Gasteiger partial charge is 0.465 e. The lowest BCUT2D eigenvalue weighted by atomic mass is 10.1. The molecule has 30 heavy (non-hydrogen) atoms. The molecule has 0 unspecified atom stereocenters. The molecule has 2 N–H and O–H groups in total. The highest BCUT2D eigenvalue weighted by molar-refractivity contribution is 5.86. The fourth-order valence-corrected chi connectivity index (χ4v) is 3.36. The molecule has 0 aliphatic carbocycles. The monoisotopic (exact) mass is 414 g/mol. The Labute approximate surface area is 172 Å². The Morgan fingerprint density at radius 1 is 1.23 bits per heavy atom. The molecule has 1 heterocycles. The first-order valence-electron chi connectivity index (χ1n) is 9.36. The maximum absolute atomic E-state index is 12.0. The van der Waals surface area contributed by atoms with Crippen LogP contribution in [-0.2, 0) is 11.3 Å². The minimum atomic E-state index is -1.01. The molecule has 2 aromatic rings. The summed E-state index contributed by atoms with van der Waals surface area (Å²) in [5, 5.41) is 23.3. The van der Waals surface area contributed by atoms with Gasteiger partial charge in [-0.05, 0) is 24.6 Å². The molecule has 0 radical (unpaired) electrons. The first-order chi connectivity index (χ1) is 14.3. The van der Waals surface area contributed by atoms with E-state index in [0.29, 0.717) is 12.2 Å². The van der Waals surface area contributed by atoms with E-state index < -0.39 is 17.1 Å². The number of carbonyl (C=O) groups excluding carboxylic acids is 1. The molecule has 10 nitrogen and oxygen atoms in total. The number of nitro groups is 1. The van der Waals surface area contributed by atoms with Gasteiger partial charge in [0.05, 0.1) is 10.6 Å². The van der Waals surface area contributed by atoms with Gasteiger partial charge in [-0.15, -0.1) is 0 Å². The van der Waals surface area contributed by atoms with Gasteiger partial charge in [0.2, 0.25) is 0 Å². The number of rotatable bonds is 5. The summed E-state index contributed by atoms with van der Waals surface area (Å²) in [7, 11) is 0. The molecule has 158 valence electrons. The van der Waals surface area contributed by atoms with Crippen molar-refractivity contribution in [2.24, 2.45) is 0 Å². The van der Waals surface area contributed by atoms with Crippen molar-refractivity contribution >= 4 is 29.2 Å². The van der Waals surface area contributed by atoms with E-state index in [9.17, 15) is 19.7 Å². The molecule has 1 fully saturated rings. The molecule has 1 saturated heterocycles. The second-order valence-corrected chi connectivity index (χ2v) is 6.92. The van der Waals surface area contributed by atoms with Crippen molar-refractivity contribution in [1.29, 1.82) is 0 Å². The highest BCUT2D eigenvalue weighted by atomic mass is 16.6. The standard InChI is InChI=1S/C20H22N4O6/c1-14-12-22(20(26)27)9-10-23(14)17-8-7-16(11-18(17)24(28)29)21-19(25)30-13-15-5-3-2-4-6-15/h2-8,11,14H,9-10,12-13H2,1H3,(H,21,25)(H,26,27)/t14-/m0/s1. The fourth-order valence-electron chi connectivity index (χ4n) is 3.36. The third-order valence-electron chi connectivity index (χ3n) is 4.84. The molecule has 10 heteroatoms. The Balaban J connectivity index is 1.70. The minimum absolute atomic E-state index is 0.0816. The number of benzene rings is 2. The number of nitro benzene ring substituents is 1. The summed E-state index contributed by atoms with van der Waals surface area (Å²) >= 11 is 0. The van der Waals surface area contributed by atoms with Crippen LogP contribution in [0, 0.1) is 10.1 Å². The summed E-state index contributed by atoms with van der Waals surface area (Å²) in [6.07, 6.45) is -1.73. The minimum Gasteiger partial charge on any atom is -0.465 e. The van der Waals surface area contributed by atoms with Crippen LogP contribution < -0.4 is 10.2 Å². The lowest BCUT2D eigenvalue weighted by Crippen LogP contribution is -2.53. The average molecular weight is 414 g/mol. The van der Waals surface area contributed by atoms with Crippen LogP contribution in [0.1, 0.15) is 12.5 Å². The normalized spacial score (nSPS) is 16.1. The van der Waals surface area contributed by atoms with Gasteiger partial charge in [-0.1, -0.05) is 30.3 Å². The van der Waals surface area contributed by atoms with Gasteiger partial charge in [0.15, 0.2) is 0 Å². The number of anilines is 2. The van der Waals surface area contributed by atoms with E-state index in [4.69, 9.17) is 9.84 Å². The number of hydrogen-bond donors (Lipinski definition) is 2. The maximum atomic E-state index is 12.0. The van der Waals surface area contributed by atoms with Crippen molar-refractivity contribution in [2.75, 3.05) is 29.9 Å². The molecule has 2 aromatic carbocycles. The van der Waals surface area contributed by atoms with Crippen molar-refractivity contribution in [3.05, 3.63) is 64.2 Å². The second kappa shape index (κ2) is 9.12. The van der Waals surface area contributed by atoms with Gasteiger partial charge in [0.25, 0.3) is 5.69 Å². The zero-order valence-corrected chi connectivity index (χ0v) is 16.4. The number of carbonyl (C=O) groups is 2. The van der Waals surface area contributed by atoms with Crippen LogP contribution in [0.2, 0.25) is 0 Å². The number of ether oxygens (including phenoxy) is 1. The highest BCUT2D eigenvalue weighted by Crippen LogP contribution is 2.33. The molecule has 1 atom stereocenters. The Bertz CT molecular complexity index is 936. The van der Waals surface area contributed by atoms with Crippen LogP contribution in [0.5, 0.6) is 0 Å². The Kier molecular flexibility index (Phi) is 6.35. The smallest absolute Gasteiger partial charge is 0.411 e. The number of hydrogen-bond acceptors (Lipinski definition) is 6. The van der Waals surface area contributed by atoms with Crippen LogP contribution in [0.4, 0.5) is 26.7 Å². The van der Waals surface area contributed by atoms with Crippen molar-refractivity contribution in [2.45, 2.75) is 19.6 Å². The van der Waals surface area contributed by atoms with Gasteiger partial charge in [-0.2, -0.15) is 0 Å². The van der Waals surface area contributed by atoms with E-state index in [0.717, 1.165) is 5.56 Å². The average Bonchev–Trinajstić information content (AvgIpc) is 2.73. The van der Waals surface area contributed by atoms with Crippen molar-refractivity contribution in [1.82, 2.24) is 4.90 Å². The predicted molar refractivity (Wildman–Crippen MR) is 110 cm³/mol. The summed E-state index contributed by atoms with van der Waals surface area (Å²) in [4.78, 5) is 37.4. The van der Waals surface area contributed by atoms with Gasteiger partial charge in [0.1, 0.15) is 12.3 Å². The topological polar surface area (TPSA) is 125 Å². The third-order valence-corrected chi connectivity index (χ3v) is 4.84. The van der Waals surface area contributed by atoms with Crippen molar-refractivity contribution in [3.63, 3.8) is 0 Å². The molecular formula is C20H22N4O6. The lowest BCUT2D eigenvalue weighted by molar-refractivity contribution is -0.384. The molecule has 3 rings (SSSR count). The highest BCUT2D eigenvalue weighted by Gasteiger charge is 2.30. The van der Waals surface area contributed by atoms with E-state index >= 15 is 0 Å². The summed E-state index contributed by atoms with van der Waals surface area (Å²) in [6, 6.07) is 13.3. The van der Waals surface area contributed by atoms with Gasteiger partial charge < -0.3 is 19.6 Å². The molecule has 0 saturated carbocycles. The zero-order chi connectivity index (χ0) is 21.7. The van der Waals surface area contributed by atoms with Gasteiger partial charge in [-0.25, -0.2) is 9.59 Å². The van der Waals surface area contributed by atoms with Crippen molar-refractivity contribution in [3.8, 4) is 0 Å². The Morgan fingerprint density at radius 3 is 2.60 bits per heavy atom. The van der Waals surface area contributed by atoms with Gasteiger partial charge in [0, 0.05) is 31.7 Å². The number of carboxylic acid groups (broad SMARTS) is 1. The molecule has 0 bridgehead atoms. The van der Waals surface area contributed by atoms with Crippen LogP contribution in [0.3, 0.4) is 0 Å². The maximum Gasteiger partial charge on any atom is 0.411 e. The number of amides is 2. The number of nitrogens with one attached hydrogen (secondary N) is 1.